The summed E-state index contributed by atoms with van der Waals surface area (Å²) in [5.74, 6) is 0.505. The normalized spacial score (nSPS) is 14.0. The number of hydrogen-bond donors (Lipinski definition) is 1. The van der Waals surface area contributed by atoms with Gasteiger partial charge in [-0.05, 0) is 106 Å². The molecule has 7 rings (SSSR count). The van der Waals surface area contributed by atoms with Gasteiger partial charge in [0.1, 0.15) is 0 Å². The third-order valence-electron chi connectivity index (χ3n) is 8.04. The van der Waals surface area contributed by atoms with Gasteiger partial charge in [0, 0.05) is 28.4 Å². The molecule has 6 aromatic rings. The number of rotatable bonds is 6. The molecule has 0 saturated carbocycles. The van der Waals surface area contributed by atoms with Crippen molar-refractivity contribution >= 4 is 45.3 Å². The lowest BCUT2D eigenvalue weighted by Gasteiger charge is -2.28. The summed E-state index contributed by atoms with van der Waals surface area (Å²) >= 11 is 0. The lowest BCUT2D eigenvalue weighted by Crippen LogP contribution is -2.11. The van der Waals surface area contributed by atoms with Crippen LogP contribution in [0.4, 0.5) is 28.4 Å². The van der Waals surface area contributed by atoms with Crippen LogP contribution in [0.1, 0.15) is 30.4 Å². The van der Waals surface area contributed by atoms with Crippen LogP contribution in [0.5, 0.6) is 0 Å². The molecule has 0 aliphatic heterocycles. The second-order valence-electron chi connectivity index (χ2n) is 10.8. The largest absolute Gasteiger partial charge is 0.356 e. The Morgan fingerprint density at radius 2 is 1.20 bits per heavy atom. The van der Waals surface area contributed by atoms with Gasteiger partial charge in [-0.3, -0.25) is 0 Å². The number of benzene rings is 6. The predicted molar refractivity (Wildman–Crippen MR) is 176 cm³/mol. The SMILES string of the molecule is CC1CC=Cc2ccc(N(c3ccc(Nc4ccc5ccccc5c4)cc3)c3ccc(-c4ccccc4)cc3)cc21. The molecule has 0 spiro atoms. The molecular weight excluding hydrogens is 496 g/mol. The maximum atomic E-state index is 3.59. The summed E-state index contributed by atoms with van der Waals surface area (Å²) in [7, 11) is 0. The van der Waals surface area contributed by atoms with E-state index in [1.54, 1.807) is 0 Å². The molecule has 1 unspecified atom stereocenters. The van der Waals surface area contributed by atoms with E-state index in [4.69, 9.17) is 0 Å². The fourth-order valence-corrected chi connectivity index (χ4v) is 5.81. The lowest BCUT2D eigenvalue weighted by molar-refractivity contribution is 0.771. The van der Waals surface area contributed by atoms with E-state index in [-0.39, 0.29) is 0 Å². The highest BCUT2D eigenvalue weighted by Crippen LogP contribution is 2.40. The molecule has 0 amide bonds. The first kappa shape index (κ1) is 24.9. The summed E-state index contributed by atoms with van der Waals surface area (Å²) in [6.07, 6.45) is 5.62. The molecule has 0 fully saturated rings. The molecule has 1 aliphatic carbocycles. The predicted octanol–water partition coefficient (Wildman–Crippen LogP) is 11.2. The first-order valence-electron chi connectivity index (χ1n) is 14.3. The zero-order valence-electron chi connectivity index (χ0n) is 23.2. The number of fused-ring (bicyclic) bond motifs is 2. The van der Waals surface area contributed by atoms with Gasteiger partial charge in [0.25, 0.3) is 0 Å². The second kappa shape index (κ2) is 10.8. The van der Waals surface area contributed by atoms with Crippen molar-refractivity contribution in [3.63, 3.8) is 0 Å². The van der Waals surface area contributed by atoms with Crippen LogP contribution in [-0.4, -0.2) is 0 Å². The Morgan fingerprint density at radius 3 is 1.98 bits per heavy atom. The molecule has 41 heavy (non-hydrogen) atoms. The molecule has 1 aliphatic rings. The minimum atomic E-state index is 0.505. The molecule has 0 aromatic heterocycles. The molecule has 1 atom stereocenters. The van der Waals surface area contributed by atoms with Crippen molar-refractivity contribution in [2.45, 2.75) is 19.3 Å². The Morgan fingerprint density at radius 1 is 0.561 bits per heavy atom. The van der Waals surface area contributed by atoms with E-state index >= 15 is 0 Å². The molecule has 6 aromatic carbocycles. The smallest absolute Gasteiger partial charge is 0.0464 e. The highest BCUT2D eigenvalue weighted by Gasteiger charge is 2.18. The molecule has 0 heterocycles. The van der Waals surface area contributed by atoms with Crippen LogP contribution in [-0.2, 0) is 0 Å². The standard InChI is InChI=1S/C39H32N2/c1-28-8-7-13-32-17-23-38(27-39(28)32)41(36-21-15-31(16-22-36)29-9-3-2-4-10-29)37-24-19-34(20-25-37)40-35-18-14-30-11-5-6-12-33(30)26-35/h2-7,9-28,40H,8H2,1H3. The first-order chi connectivity index (χ1) is 20.2. The van der Waals surface area contributed by atoms with Crippen LogP contribution in [0.25, 0.3) is 28.0 Å². The molecule has 0 radical (unpaired) electrons. The molecule has 2 heteroatoms. The first-order valence-corrected chi connectivity index (χ1v) is 14.3. The molecule has 0 bridgehead atoms. The van der Waals surface area contributed by atoms with Crippen LogP contribution >= 0.6 is 0 Å². The van der Waals surface area contributed by atoms with Crippen LogP contribution < -0.4 is 10.2 Å². The Balaban J connectivity index is 1.24. The van der Waals surface area contributed by atoms with E-state index in [0.717, 1.165) is 29.2 Å². The molecule has 2 nitrogen and oxygen atoms in total. The third-order valence-corrected chi connectivity index (χ3v) is 8.04. The molecule has 0 saturated heterocycles. The fraction of sp³-hybridized carbons (Fsp3) is 0.0769. The summed E-state index contributed by atoms with van der Waals surface area (Å²) in [6, 6.07) is 50.0. The maximum absolute atomic E-state index is 3.59. The minimum Gasteiger partial charge on any atom is -0.356 e. The van der Waals surface area contributed by atoms with Crippen molar-refractivity contribution in [3.8, 4) is 11.1 Å². The van der Waals surface area contributed by atoms with Crippen molar-refractivity contribution in [3.05, 3.63) is 157 Å². The van der Waals surface area contributed by atoms with Crippen LogP contribution in [0, 0.1) is 0 Å². The van der Waals surface area contributed by atoms with Crippen molar-refractivity contribution < 1.29 is 0 Å². The number of nitrogens with zero attached hydrogens (tertiary/aromatic N) is 1. The zero-order chi connectivity index (χ0) is 27.6. The quantitative estimate of drug-likeness (QED) is 0.231. The van der Waals surface area contributed by atoms with Crippen molar-refractivity contribution in [2.75, 3.05) is 10.2 Å². The average Bonchev–Trinajstić information content (AvgIpc) is 3.03. The van der Waals surface area contributed by atoms with Gasteiger partial charge in [-0.15, -0.1) is 0 Å². The molecule has 1 N–H and O–H groups in total. The Hall–Kier alpha value is -5.08. The van der Waals surface area contributed by atoms with Gasteiger partial charge in [0.05, 0.1) is 0 Å². The second-order valence-corrected chi connectivity index (χ2v) is 10.8. The molecule has 198 valence electrons. The Labute approximate surface area is 242 Å². The van der Waals surface area contributed by atoms with Crippen molar-refractivity contribution in [2.24, 2.45) is 0 Å². The summed E-state index contributed by atoms with van der Waals surface area (Å²) in [5.41, 5.74) is 10.8. The third kappa shape index (κ3) is 5.13. The number of nitrogens with one attached hydrogen (secondary N) is 1. The average molecular weight is 529 g/mol. The van der Waals surface area contributed by atoms with Crippen LogP contribution in [0.15, 0.2) is 146 Å². The maximum Gasteiger partial charge on any atom is 0.0464 e. The summed E-state index contributed by atoms with van der Waals surface area (Å²) in [4.78, 5) is 2.36. The topological polar surface area (TPSA) is 15.3 Å². The van der Waals surface area contributed by atoms with Gasteiger partial charge < -0.3 is 10.2 Å². The summed E-state index contributed by atoms with van der Waals surface area (Å²) in [6.45, 7) is 2.32. The fourth-order valence-electron chi connectivity index (χ4n) is 5.81. The highest BCUT2D eigenvalue weighted by molar-refractivity contribution is 5.87. The van der Waals surface area contributed by atoms with E-state index in [1.807, 2.05) is 0 Å². The molecular formula is C39H32N2. The van der Waals surface area contributed by atoms with Crippen LogP contribution in [0.3, 0.4) is 0 Å². The highest BCUT2D eigenvalue weighted by atomic mass is 15.1. The van der Waals surface area contributed by atoms with E-state index in [0.29, 0.717) is 5.92 Å². The van der Waals surface area contributed by atoms with Gasteiger partial charge in [-0.1, -0.05) is 97.9 Å². The van der Waals surface area contributed by atoms with Gasteiger partial charge in [-0.2, -0.15) is 0 Å². The van der Waals surface area contributed by atoms with Crippen molar-refractivity contribution in [1.29, 1.82) is 0 Å². The minimum absolute atomic E-state index is 0.505. The summed E-state index contributed by atoms with van der Waals surface area (Å²) in [5, 5.41) is 6.07. The summed E-state index contributed by atoms with van der Waals surface area (Å²) < 4.78 is 0. The van der Waals surface area contributed by atoms with E-state index in [1.165, 1.54) is 38.7 Å². The van der Waals surface area contributed by atoms with Gasteiger partial charge in [0.2, 0.25) is 0 Å². The van der Waals surface area contributed by atoms with E-state index in [9.17, 15) is 0 Å². The number of anilines is 5. The Kier molecular flexibility index (Phi) is 6.58. The van der Waals surface area contributed by atoms with Gasteiger partial charge in [-0.25, -0.2) is 0 Å². The Bertz CT molecular complexity index is 1830. The zero-order valence-corrected chi connectivity index (χ0v) is 23.2. The van der Waals surface area contributed by atoms with E-state index in [2.05, 4.69) is 169 Å². The number of hydrogen-bond acceptors (Lipinski definition) is 2. The number of allylic oxidation sites excluding steroid dienone is 1. The van der Waals surface area contributed by atoms with E-state index < -0.39 is 0 Å². The monoisotopic (exact) mass is 528 g/mol. The van der Waals surface area contributed by atoms with Crippen LogP contribution in [0.2, 0.25) is 0 Å². The van der Waals surface area contributed by atoms with Gasteiger partial charge in [0.15, 0.2) is 0 Å². The van der Waals surface area contributed by atoms with Gasteiger partial charge >= 0.3 is 0 Å². The lowest BCUT2D eigenvalue weighted by atomic mass is 9.88. The van der Waals surface area contributed by atoms with Crippen molar-refractivity contribution in [1.82, 2.24) is 0 Å².